The molecule has 2 aromatic rings. The van der Waals surface area contributed by atoms with E-state index >= 15 is 0 Å². The quantitative estimate of drug-likeness (QED) is 0.719. The summed E-state index contributed by atoms with van der Waals surface area (Å²) in [6.45, 7) is 2.29. The predicted octanol–water partition coefficient (Wildman–Crippen LogP) is 3.45. The lowest BCUT2D eigenvalue weighted by atomic mass is 10.1. The number of ether oxygens (including phenoxy) is 1. The molecule has 2 aromatic carbocycles. The molecule has 0 unspecified atom stereocenters. The van der Waals surface area contributed by atoms with Crippen molar-refractivity contribution in [3.8, 4) is 5.75 Å². The average molecular weight is 358 g/mol. The van der Waals surface area contributed by atoms with Crippen LogP contribution >= 0.6 is 11.8 Å². The van der Waals surface area contributed by atoms with Crippen LogP contribution in [0, 0.1) is 0 Å². The van der Waals surface area contributed by atoms with Crippen molar-refractivity contribution in [1.82, 2.24) is 0 Å². The van der Waals surface area contributed by atoms with E-state index in [9.17, 15) is 9.59 Å². The average Bonchev–Trinajstić information content (AvgIpc) is 2.61. The summed E-state index contributed by atoms with van der Waals surface area (Å²) in [4.78, 5) is 23.2. The van der Waals surface area contributed by atoms with Crippen LogP contribution < -0.4 is 15.8 Å². The molecule has 3 N–H and O–H groups in total. The summed E-state index contributed by atoms with van der Waals surface area (Å²) in [5.74, 6) is 1.88. The standard InChI is InChI=1S/C19H22N2O3S/c1-2-25-13-14-7-9-15(10-8-14)19(23)21-16-5-3-4-6-17(16)24-12-11-18(20)22/h3-10H,2,11-13H2,1H3,(H2,20,22)(H,21,23). The van der Waals surface area contributed by atoms with E-state index in [1.54, 1.807) is 18.2 Å². The molecule has 0 aromatic heterocycles. The molecule has 0 aliphatic carbocycles. The normalized spacial score (nSPS) is 10.3. The second-order valence-electron chi connectivity index (χ2n) is 5.35. The summed E-state index contributed by atoms with van der Waals surface area (Å²) in [5.41, 5.74) is 7.44. The minimum absolute atomic E-state index is 0.125. The molecule has 0 spiro atoms. The maximum Gasteiger partial charge on any atom is 0.255 e. The number of primary amides is 1. The van der Waals surface area contributed by atoms with Crippen molar-refractivity contribution in [3.63, 3.8) is 0 Å². The molecular weight excluding hydrogens is 336 g/mol. The van der Waals surface area contributed by atoms with Gasteiger partial charge in [-0.15, -0.1) is 0 Å². The molecule has 6 heteroatoms. The highest BCUT2D eigenvalue weighted by atomic mass is 32.2. The van der Waals surface area contributed by atoms with Crippen molar-refractivity contribution in [1.29, 1.82) is 0 Å². The monoisotopic (exact) mass is 358 g/mol. The molecule has 0 atom stereocenters. The molecule has 0 aliphatic heterocycles. The number of hydrogen-bond acceptors (Lipinski definition) is 4. The first-order valence-electron chi connectivity index (χ1n) is 8.08. The summed E-state index contributed by atoms with van der Waals surface area (Å²) < 4.78 is 5.53. The van der Waals surface area contributed by atoms with Crippen molar-refractivity contribution in [2.45, 2.75) is 19.1 Å². The Morgan fingerprint density at radius 2 is 1.84 bits per heavy atom. The molecule has 0 bridgehead atoms. The van der Waals surface area contributed by atoms with Gasteiger partial charge in [0.1, 0.15) is 5.75 Å². The Morgan fingerprint density at radius 3 is 2.52 bits per heavy atom. The fraction of sp³-hybridized carbons (Fsp3) is 0.263. The highest BCUT2D eigenvalue weighted by Gasteiger charge is 2.10. The van der Waals surface area contributed by atoms with Crippen LogP contribution in [0.5, 0.6) is 5.75 Å². The minimum atomic E-state index is -0.428. The highest BCUT2D eigenvalue weighted by molar-refractivity contribution is 7.98. The van der Waals surface area contributed by atoms with Crippen molar-refractivity contribution >= 4 is 29.3 Å². The Morgan fingerprint density at radius 1 is 1.12 bits per heavy atom. The van der Waals surface area contributed by atoms with Gasteiger partial charge in [0, 0.05) is 11.3 Å². The van der Waals surface area contributed by atoms with Gasteiger partial charge in [0.05, 0.1) is 18.7 Å². The van der Waals surface area contributed by atoms with Crippen LogP contribution in [0.3, 0.4) is 0 Å². The SMILES string of the molecule is CCSCc1ccc(C(=O)Nc2ccccc2OCCC(N)=O)cc1. The number of nitrogens with one attached hydrogen (secondary N) is 1. The summed E-state index contributed by atoms with van der Waals surface area (Å²) in [5, 5.41) is 2.84. The van der Waals surface area contributed by atoms with Gasteiger partial charge in [0.15, 0.2) is 0 Å². The van der Waals surface area contributed by atoms with Crippen LogP contribution in [0.1, 0.15) is 29.3 Å². The van der Waals surface area contributed by atoms with Gasteiger partial charge >= 0.3 is 0 Å². The lowest BCUT2D eigenvalue weighted by Crippen LogP contribution is -2.16. The molecule has 0 radical (unpaired) electrons. The molecule has 2 rings (SSSR count). The molecule has 0 aliphatic rings. The van der Waals surface area contributed by atoms with Gasteiger partial charge in [-0.05, 0) is 35.6 Å². The van der Waals surface area contributed by atoms with E-state index in [-0.39, 0.29) is 18.9 Å². The second kappa shape index (κ2) is 9.74. The van der Waals surface area contributed by atoms with E-state index in [1.807, 2.05) is 42.1 Å². The first-order valence-corrected chi connectivity index (χ1v) is 9.23. The van der Waals surface area contributed by atoms with Crippen LogP contribution in [-0.4, -0.2) is 24.2 Å². The van der Waals surface area contributed by atoms with E-state index < -0.39 is 5.91 Å². The number of nitrogens with two attached hydrogens (primary N) is 1. The first-order chi connectivity index (χ1) is 12.1. The molecule has 2 amide bonds. The maximum atomic E-state index is 12.4. The van der Waals surface area contributed by atoms with Gasteiger partial charge in [0.2, 0.25) is 5.91 Å². The highest BCUT2D eigenvalue weighted by Crippen LogP contribution is 2.24. The molecule has 0 saturated carbocycles. The zero-order valence-corrected chi connectivity index (χ0v) is 15.0. The maximum absolute atomic E-state index is 12.4. The Balaban J connectivity index is 2.01. The largest absolute Gasteiger partial charge is 0.491 e. The molecule has 0 saturated heterocycles. The van der Waals surface area contributed by atoms with E-state index in [0.717, 1.165) is 11.5 Å². The van der Waals surface area contributed by atoms with Crippen LogP contribution in [0.25, 0.3) is 0 Å². The number of thioether (sulfide) groups is 1. The van der Waals surface area contributed by atoms with Gasteiger partial charge in [-0.1, -0.05) is 31.2 Å². The zero-order valence-electron chi connectivity index (χ0n) is 14.2. The number of hydrogen-bond donors (Lipinski definition) is 2. The first kappa shape index (κ1) is 18.9. The number of amides is 2. The Kier molecular flexibility index (Phi) is 7.35. The summed E-state index contributed by atoms with van der Waals surface area (Å²) >= 11 is 1.84. The minimum Gasteiger partial charge on any atom is -0.491 e. The number of rotatable bonds is 9. The van der Waals surface area contributed by atoms with Crippen molar-refractivity contribution in [3.05, 3.63) is 59.7 Å². The van der Waals surface area contributed by atoms with Crippen molar-refractivity contribution in [2.24, 2.45) is 5.73 Å². The van der Waals surface area contributed by atoms with Crippen LogP contribution in [0.2, 0.25) is 0 Å². The third kappa shape index (κ3) is 6.15. The molecule has 132 valence electrons. The zero-order chi connectivity index (χ0) is 18.1. The van der Waals surface area contributed by atoms with Crippen molar-refractivity contribution < 1.29 is 14.3 Å². The Hall–Kier alpha value is -2.47. The topological polar surface area (TPSA) is 81.4 Å². The van der Waals surface area contributed by atoms with Crippen LogP contribution in [0.15, 0.2) is 48.5 Å². The summed E-state index contributed by atoms with van der Waals surface area (Å²) in [6.07, 6.45) is 0.125. The lowest BCUT2D eigenvalue weighted by molar-refractivity contribution is -0.118. The van der Waals surface area contributed by atoms with Gasteiger partial charge in [-0.25, -0.2) is 0 Å². The van der Waals surface area contributed by atoms with Gasteiger partial charge in [-0.3, -0.25) is 9.59 Å². The third-order valence-corrected chi connectivity index (χ3v) is 4.38. The van der Waals surface area contributed by atoms with E-state index in [0.29, 0.717) is 17.0 Å². The molecule has 0 heterocycles. The van der Waals surface area contributed by atoms with Gasteiger partial charge < -0.3 is 15.8 Å². The smallest absolute Gasteiger partial charge is 0.255 e. The summed E-state index contributed by atoms with van der Waals surface area (Å²) in [7, 11) is 0. The Labute approximate surface area is 151 Å². The molecular formula is C19H22N2O3S. The second-order valence-corrected chi connectivity index (χ2v) is 6.62. The molecule has 0 fully saturated rings. The van der Waals surface area contributed by atoms with Crippen molar-refractivity contribution in [2.75, 3.05) is 17.7 Å². The number of anilines is 1. The fourth-order valence-corrected chi connectivity index (χ4v) is 2.76. The Bertz CT molecular complexity index is 717. The van der Waals surface area contributed by atoms with E-state index in [2.05, 4.69) is 12.2 Å². The number of carbonyl (C=O) groups is 2. The molecule has 5 nitrogen and oxygen atoms in total. The number of carbonyl (C=O) groups excluding carboxylic acids is 2. The van der Waals surface area contributed by atoms with Gasteiger partial charge in [-0.2, -0.15) is 11.8 Å². The van der Waals surface area contributed by atoms with Gasteiger partial charge in [0.25, 0.3) is 5.91 Å². The van der Waals surface area contributed by atoms with E-state index in [1.165, 1.54) is 5.56 Å². The van der Waals surface area contributed by atoms with Crippen LogP contribution in [-0.2, 0) is 10.5 Å². The summed E-state index contributed by atoms with van der Waals surface area (Å²) in [6, 6.07) is 14.7. The molecule has 25 heavy (non-hydrogen) atoms. The van der Waals surface area contributed by atoms with Crippen LogP contribution in [0.4, 0.5) is 5.69 Å². The fourth-order valence-electron chi connectivity index (χ4n) is 2.12. The number of para-hydroxylation sites is 2. The predicted molar refractivity (Wildman–Crippen MR) is 102 cm³/mol. The lowest BCUT2D eigenvalue weighted by Gasteiger charge is -2.12. The number of benzene rings is 2. The van der Waals surface area contributed by atoms with E-state index in [4.69, 9.17) is 10.5 Å². The third-order valence-electron chi connectivity index (χ3n) is 3.43.